The van der Waals surface area contributed by atoms with Gasteiger partial charge in [0.2, 0.25) is 0 Å². The lowest BCUT2D eigenvalue weighted by atomic mass is 10.0. The van der Waals surface area contributed by atoms with E-state index < -0.39 is 8.30 Å². The zero-order valence-electron chi connectivity index (χ0n) is 10.4. The summed E-state index contributed by atoms with van der Waals surface area (Å²) in [6.07, 6.45) is 0.236. The second kappa shape index (κ2) is 4.83. The van der Waals surface area contributed by atoms with Crippen molar-refractivity contribution in [3.63, 3.8) is 0 Å². The molecule has 0 amide bonds. The van der Waals surface area contributed by atoms with Gasteiger partial charge in [-0.1, -0.05) is 44.2 Å². The number of hydrogen-bond donors (Lipinski definition) is 0. The minimum absolute atomic E-state index is 0.236. The van der Waals surface area contributed by atoms with E-state index in [1.807, 2.05) is 0 Å². The average Bonchev–Trinajstić information content (AvgIpc) is 2.58. The van der Waals surface area contributed by atoms with Gasteiger partial charge in [0.15, 0.2) is 0 Å². The molecule has 0 aliphatic carbocycles. The number of rotatable bonds is 2. The molecule has 16 heavy (non-hydrogen) atoms. The zero-order valence-corrected chi connectivity index (χ0v) is 11.3. The van der Waals surface area contributed by atoms with Crippen LogP contribution in [-0.2, 0) is 4.52 Å². The Hall–Kier alpha value is -0.430. The van der Waals surface area contributed by atoms with Crippen LogP contribution in [-0.4, -0.2) is 23.4 Å². The molecule has 2 rings (SSSR count). The van der Waals surface area contributed by atoms with Gasteiger partial charge in [0.25, 0.3) is 0 Å². The van der Waals surface area contributed by atoms with E-state index in [-0.39, 0.29) is 6.10 Å². The molecule has 88 valence electrons. The number of benzene rings is 1. The first-order valence-corrected chi connectivity index (χ1v) is 7.13. The highest BCUT2D eigenvalue weighted by atomic mass is 31.2. The number of nitrogens with zero attached hydrogens (tertiary/aromatic N) is 1. The average molecular weight is 237 g/mol. The smallest absolute Gasteiger partial charge is 0.108 e. The summed E-state index contributed by atoms with van der Waals surface area (Å²) in [5.41, 5.74) is 1.89. The summed E-state index contributed by atoms with van der Waals surface area (Å²) in [4.78, 5) is 0. The fourth-order valence-electron chi connectivity index (χ4n) is 2.12. The van der Waals surface area contributed by atoms with Gasteiger partial charge < -0.3 is 4.52 Å². The van der Waals surface area contributed by atoms with Gasteiger partial charge in [-0.25, -0.2) is 0 Å². The minimum atomic E-state index is -0.434. The molecule has 0 aromatic heterocycles. The van der Waals surface area contributed by atoms with Crippen LogP contribution in [0.4, 0.5) is 0 Å². The molecule has 1 aromatic carbocycles. The fourth-order valence-corrected chi connectivity index (χ4v) is 4.25. The third kappa shape index (κ3) is 2.15. The number of hydrogen-bond acceptors (Lipinski definition) is 2. The normalized spacial score (nSPS) is 31.2. The second-order valence-corrected chi connectivity index (χ2v) is 7.13. The Morgan fingerprint density at radius 2 is 1.88 bits per heavy atom. The van der Waals surface area contributed by atoms with Crippen LogP contribution in [0.3, 0.4) is 0 Å². The van der Waals surface area contributed by atoms with Crippen LogP contribution in [0.25, 0.3) is 0 Å². The van der Waals surface area contributed by atoms with Crippen LogP contribution < -0.4 is 0 Å². The first-order chi connectivity index (χ1) is 7.61. The predicted molar refractivity (Wildman–Crippen MR) is 69.5 cm³/mol. The number of likely N-dealkylation sites (N-methyl/N-ethyl adjacent to an activating group) is 1. The summed E-state index contributed by atoms with van der Waals surface area (Å²) in [6.45, 7) is 6.73. The molecule has 1 aromatic rings. The first-order valence-electron chi connectivity index (χ1n) is 5.85. The molecule has 0 radical (unpaired) electrons. The van der Waals surface area contributed by atoms with Gasteiger partial charge in [0.05, 0.1) is 0 Å². The van der Waals surface area contributed by atoms with Crippen molar-refractivity contribution in [2.45, 2.75) is 38.6 Å². The van der Waals surface area contributed by atoms with Gasteiger partial charge in [-0.15, -0.1) is 0 Å². The largest absolute Gasteiger partial charge is 0.334 e. The Morgan fingerprint density at radius 1 is 1.25 bits per heavy atom. The van der Waals surface area contributed by atoms with Gasteiger partial charge in [-0.05, 0) is 19.5 Å². The van der Waals surface area contributed by atoms with Gasteiger partial charge in [-0.2, -0.15) is 0 Å². The molecule has 1 aliphatic rings. The van der Waals surface area contributed by atoms with Crippen molar-refractivity contribution in [2.24, 2.45) is 0 Å². The summed E-state index contributed by atoms with van der Waals surface area (Å²) < 4.78 is 8.62. The fraction of sp³-hybridized carbons (Fsp3) is 0.538. The van der Waals surface area contributed by atoms with Crippen LogP contribution >= 0.6 is 8.30 Å². The molecule has 1 fully saturated rings. The van der Waals surface area contributed by atoms with E-state index >= 15 is 0 Å². The molecule has 1 saturated heterocycles. The van der Waals surface area contributed by atoms with Crippen molar-refractivity contribution in [2.75, 3.05) is 7.05 Å². The van der Waals surface area contributed by atoms with Crippen LogP contribution in [0.15, 0.2) is 30.3 Å². The monoisotopic (exact) mass is 237 g/mol. The van der Waals surface area contributed by atoms with E-state index in [1.54, 1.807) is 0 Å². The van der Waals surface area contributed by atoms with Crippen molar-refractivity contribution in [3.8, 4) is 0 Å². The Bertz CT molecular complexity index is 341. The van der Waals surface area contributed by atoms with Crippen molar-refractivity contribution in [3.05, 3.63) is 35.9 Å². The zero-order chi connectivity index (χ0) is 11.7. The molecule has 0 saturated carbocycles. The lowest BCUT2D eigenvalue weighted by Crippen LogP contribution is -2.23. The maximum absolute atomic E-state index is 6.22. The molecule has 0 bridgehead atoms. The van der Waals surface area contributed by atoms with Crippen LogP contribution in [0.1, 0.15) is 32.4 Å². The lowest BCUT2D eigenvalue weighted by molar-refractivity contribution is 0.217. The van der Waals surface area contributed by atoms with Gasteiger partial charge >= 0.3 is 0 Å². The van der Waals surface area contributed by atoms with E-state index in [4.69, 9.17) is 4.52 Å². The Kier molecular flexibility index (Phi) is 3.63. The molecule has 3 atom stereocenters. The highest BCUT2D eigenvalue weighted by Gasteiger charge is 2.39. The molecular formula is C13H20NOP. The highest BCUT2D eigenvalue weighted by Crippen LogP contribution is 2.57. The van der Waals surface area contributed by atoms with Crippen molar-refractivity contribution >= 4 is 8.30 Å². The molecule has 1 heterocycles. The molecule has 2 nitrogen and oxygen atoms in total. The van der Waals surface area contributed by atoms with Gasteiger partial charge in [-0.3, -0.25) is 4.67 Å². The Labute approximate surface area is 99.5 Å². The third-order valence-electron chi connectivity index (χ3n) is 3.13. The van der Waals surface area contributed by atoms with E-state index in [9.17, 15) is 0 Å². The quantitative estimate of drug-likeness (QED) is 0.725. The maximum atomic E-state index is 6.22. The van der Waals surface area contributed by atoms with Crippen molar-refractivity contribution in [1.82, 2.24) is 4.67 Å². The summed E-state index contributed by atoms with van der Waals surface area (Å²) >= 11 is 0. The summed E-state index contributed by atoms with van der Waals surface area (Å²) in [5.74, 6) is 0. The first kappa shape index (κ1) is 12.0. The standard InChI is InChI=1S/C13H20NOP/c1-10(2)16-14(4)11(3)13(15-16)12-8-6-5-7-9-12/h5-11,13H,1-4H3/t11-,13-,16-/m0/s1. The minimum Gasteiger partial charge on any atom is -0.334 e. The maximum Gasteiger partial charge on any atom is 0.108 e. The molecule has 0 N–H and O–H groups in total. The highest BCUT2D eigenvalue weighted by molar-refractivity contribution is 7.51. The topological polar surface area (TPSA) is 12.5 Å². The summed E-state index contributed by atoms with van der Waals surface area (Å²) in [7, 11) is 1.75. The van der Waals surface area contributed by atoms with Crippen LogP contribution in [0.2, 0.25) is 0 Å². The third-order valence-corrected chi connectivity index (χ3v) is 5.44. The molecule has 1 aliphatic heterocycles. The van der Waals surface area contributed by atoms with Crippen LogP contribution in [0, 0.1) is 0 Å². The predicted octanol–water partition coefficient (Wildman–Crippen LogP) is 3.80. The van der Waals surface area contributed by atoms with Crippen molar-refractivity contribution in [1.29, 1.82) is 0 Å². The second-order valence-electron chi connectivity index (χ2n) is 4.65. The van der Waals surface area contributed by atoms with E-state index in [0.29, 0.717) is 11.7 Å². The molecule has 3 heteroatoms. The van der Waals surface area contributed by atoms with Gasteiger partial charge in [0, 0.05) is 11.7 Å². The Morgan fingerprint density at radius 3 is 2.38 bits per heavy atom. The summed E-state index contributed by atoms with van der Waals surface area (Å²) in [5, 5.41) is 0. The molecular weight excluding hydrogens is 217 g/mol. The Balaban J connectivity index is 2.20. The van der Waals surface area contributed by atoms with E-state index in [2.05, 4.69) is 62.8 Å². The van der Waals surface area contributed by atoms with Crippen LogP contribution in [0.5, 0.6) is 0 Å². The molecule has 0 spiro atoms. The SMILES string of the molecule is CC(C)[P@]1O[C@H](c2ccccc2)[C@H](C)N1C. The van der Waals surface area contributed by atoms with E-state index in [0.717, 1.165) is 0 Å². The van der Waals surface area contributed by atoms with Crippen molar-refractivity contribution < 1.29 is 4.52 Å². The lowest BCUT2D eigenvalue weighted by Gasteiger charge is -2.22. The summed E-state index contributed by atoms with van der Waals surface area (Å²) in [6, 6.07) is 11.0. The molecule has 0 unspecified atom stereocenters. The van der Waals surface area contributed by atoms with E-state index in [1.165, 1.54) is 5.56 Å². The van der Waals surface area contributed by atoms with Gasteiger partial charge in [0.1, 0.15) is 14.4 Å².